The quantitative estimate of drug-likeness (QED) is 0.155. The number of terminal acetylenes is 1. The number of anilines is 1. The van der Waals surface area contributed by atoms with Crippen molar-refractivity contribution < 1.29 is 18.3 Å². The molecule has 4 heterocycles. The Labute approximate surface area is 254 Å². The zero-order valence-electron chi connectivity index (χ0n) is 25.1. The lowest BCUT2D eigenvalue weighted by Crippen LogP contribution is -2.52. The van der Waals surface area contributed by atoms with Gasteiger partial charge < -0.3 is 14.6 Å². The van der Waals surface area contributed by atoms with Crippen molar-refractivity contribution in [1.82, 2.24) is 19.9 Å². The molecule has 2 aliphatic rings. The van der Waals surface area contributed by atoms with Crippen molar-refractivity contribution in [2.75, 3.05) is 25.0 Å². The predicted molar refractivity (Wildman–Crippen MR) is 167 cm³/mol. The van der Waals surface area contributed by atoms with Gasteiger partial charge in [0.05, 0.1) is 22.4 Å². The number of fused-ring (bicyclic) bond motifs is 4. The summed E-state index contributed by atoms with van der Waals surface area (Å²) < 4.78 is 37.3. The number of ether oxygens (including phenoxy) is 1. The minimum absolute atomic E-state index is 0.0589. The molecule has 44 heavy (non-hydrogen) atoms. The van der Waals surface area contributed by atoms with Crippen LogP contribution >= 0.6 is 0 Å². The van der Waals surface area contributed by atoms with Crippen LogP contribution in [0.2, 0.25) is 0 Å². The molecule has 0 radical (unpaired) electrons. The minimum Gasteiger partial charge on any atom is -0.426 e. The van der Waals surface area contributed by atoms with Crippen LogP contribution in [0.4, 0.5) is 14.6 Å². The van der Waals surface area contributed by atoms with E-state index < -0.39 is 17.3 Å². The highest BCUT2D eigenvalue weighted by molar-refractivity contribution is 6.03. The van der Waals surface area contributed by atoms with Gasteiger partial charge in [0, 0.05) is 42.3 Å². The molecule has 2 fully saturated rings. The van der Waals surface area contributed by atoms with Crippen LogP contribution in [0.25, 0.3) is 32.9 Å². The molecule has 6 rings (SSSR count). The third-order valence-corrected chi connectivity index (χ3v) is 9.11. The molecule has 0 amide bonds. The molecule has 2 saturated heterocycles. The molecule has 2 aromatic heterocycles. The van der Waals surface area contributed by atoms with Crippen LogP contribution in [0, 0.1) is 29.9 Å². The summed E-state index contributed by atoms with van der Waals surface area (Å²) in [7, 11) is 2.10. The van der Waals surface area contributed by atoms with Crippen LogP contribution in [-0.2, 0) is 4.79 Å². The number of likely N-dealkylation sites (N-methyl/N-ethyl adjacent to an activating group) is 1. The molecule has 10 heteroatoms. The number of aromatic nitrogens is 3. The Kier molecular flexibility index (Phi) is 8.08. The Morgan fingerprint density at radius 1 is 1.16 bits per heavy atom. The van der Waals surface area contributed by atoms with Gasteiger partial charge in [-0.15, -0.1) is 6.42 Å². The summed E-state index contributed by atoms with van der Waals surface area (Å²) >= 11 is 0. The van der Waals surface area contributed by atoms with Crippen molar-refractivity contribution in [2.45, 2.75) is 64.5 Å². The maximum Gasteiger partial charge on any atom is 0.347 e. The molecule has 2 aromatic carbocycles. The summed E-state index contributed by atoms with van der Waals surface area (Å²) in [5.74, 6) is 0.807. The molecular formula is C34H35F2N5O3. The number of carbonyl (C=O) groups excluding carboxylic acids is 1. The van der Waals surface area contributed by atoms with E-state index >= 15 is 4.39 Å². The number of piperazine rings is 1. The highest BCUT2D eigenvalue weighted by atomic mass is 19.1. The SMILES string of the molecule is C#Cc1c(F)ccc2cc(OC(=O)C(CCC)CCC)cc(-c3ncc4c(N5CC6CCC(C5)N6C)nc(=O)[nH]c4c3F)c12. The number of nitrogens with zero attached hydrogens (tertiary/aromatic N) is 4. The number of benzene rings is 2. The number of carbonyl (C=O) groups is 1. The van der Waals surface area contributed by atoms with E-state index in [9.17, 15) is 14.0 Å². The fourth-order valence-electron chi connectivity index (χ4n) is 6.86. The van der Waals surface area contributed by atoms with Crippen LogP contribution in [0.3, 0.4) is 0 Å². The molecule has 228 valence electrons. The highest BCUT2D eigenvalue weighted by Gasteiger charge is 2.38. The third kappa shape index (κ3) is 5.19. The molecule has 2 bridgehead atoms. The van der Waals surface area contributed by atoms with Gasteiger partial charge in [-0.1, -0.05) is 38.7 Å². The van der Waals surface area contributed by atoms with Gasteiger partial charge in [-0.05, 0) is 56.3 Å². The fourth-order valence-corrected chi connectivity index (χ4v) is 6.86. The summed E-state index contributed by atoms with van der Waals surface area (Å²) in [6.07, 6.45) is 12.3. The number of H-pyrrole nitrogens is 1. The van der Waals surface area contributed by atoms with Gasteiger partial charge in [0.2, 0.25) is 0 Å². The van der Waals surface area contributed by atoms with Gasteiger partial charge in [-0.3, -0.25) is 14.7 Å². The number of rotatable bonds is 8. The first-order valence-electron chi connectivity index (χ1n) is 15.2. The number of esters is 1. The summed E-state index contributed by atoms with van der Waals surface area (Å²) in [6, 6.07) is 6.44. The lowest BCUT2D eigenvalue weighted by atomic mass is 9.95. The predicted octanol–water partition coefficient (Wildman–Crippen LogP) is 5.80. The topological polar surface area (TPSA) is 91.4 Å². The van der Waals surface area contributed by atoms with Crippen molar-refractivity contribution in [3.63, 3.8) is 0 Å². The van der Waals surface area contributed by atoms with Crippen LogP contribution < -0.4 is 15.3 Å². The van der Waals surface area contributed by atoms with E-state index in [0.29, 0.717) is 54.6 Å². The molecule has 2 atom stereocenters. The molecule has 0 aliphatic carbocycles. The number of hydrogen-bond donors (Lipinski definition) is 1. The second-order valence-corrected chi connectivity index (χ2v) is 11.9. The number of pyridine rings is 1. The lowest BCUT2D eigenvalue weighted by molar-refractivity contribution is -0.139. The fraction of sp³-hybridized carbons (Fsp3) is 0.412. The summed E-state index contributed by atoms with van der Waals surface area (Å²) in [4.78, 5) is 41.6. The van der Waals surface area contributed by atoms with E-state index in [4.69, 9.17) is 11.2 Å². The zero-order valence-corrected chi connectivity index (χ0v) is 25.1. The Hall–Kier alpha value is -4.36. The summed E-state index contributed by atoms with van der Waals surface area (Å²) in [5, 5.41) is 1.08. The highest BCUT2D eigenvalue weighted by Crippen LogP contribution is 2.39. The van der Waals surface area contributed by atoms with E-state index in [1.807, 2.05) is 18.7 Å². The van der Waals surface area contributed by atoms with Crippen molar-refractivity contribution >= 4 is 33.5 Å². The van der Waals surface area contributed by atoms with Crippen molar-refractivity contribution in [3.05, 3.63) is 58.1 Å². The standard InChI is InChI=1S/C34H35F2N5O3/c1-5-8-19(9-6-2)33(42)44-23-14-20-10-13-27(35)24(7-3)28(20)25(15-23)30-29(36)31-26(16-37-30)32(39-34(43)38-31)41-17-21-11-12-22(18-41)40(21)4/h3,10,13-16,19,21-22H,5-6,8-9,11-12,17-18H2,1-2,4H3,(H,38,39,43). The Bertz CT molecular complexity index is 1850. The first kappa shape index (κ1) is 29.7. The average Bonchev–Trinajstić information content (AvgIpc) is 3.20. The maximum atomic E-state index is 16.6. The number of nitrogens with one attached hydrogen (secondary N) is 1. The van der Waals surface area contributed by atoms with Gasteiger partial charge in [0.1, 0.15) is 23.1 Å². The Morgan fingerprint density at radius 3 is 2.52 bits per heavy atom. The van der Waals surface area contributed by atoms with Crippen molar-refractivity contribution in [1.29, 1.82) is 0 Å². The van der Waals surface area contributed by atoms with Crippen LogP contribution in [0.1, 0.15) is 57.9 Å². The molecule has 2 aliphatic heterocycles. The number of halogens is 2. The zero-order chi connectivity index (χ0) is 31.1. The van der Waals surface area contributed by atoms with E-state index in [2.05, 4.69) is 32.8 Å². The smallest absolute Gasteiger partial charge is 0.347 e. The van der Waals surface area contributed by atoms with Crippen LogP contribution in [0.15, 0.2) is 35.3 Å². The van der Waals surface area contributed by atoms with Crippen molar-refractivity contribution in [2.24, 2.45) is 5.92 Å². The van der Waals surface area contributed by atoms with Gasteiger partial charge >= 0.3 is 11.7 Å². The van der Waals surface area contributed by atoms with Gasteiger partial charge in [-0.25, -0.2) is 13.6 Å². The van der Waals surface area contributed by atoms with E-state index in [1.165, 1.54) is 24.4 Å². The third-order valence-electron chi connectivity index (χ3n) is 9.11. The lowest BCUT2D eigenvalue weighted by Gasteiger charge is -2.39. The molecule has 0 spiro atoms. The minimum atomic E-state index is -0.813. The van der Waals surface area contributed by atoms with Gasteiger partial charge in [-0.2, -0.15) is 4.98 Å². The first-order valence-corrected chi connectivity index (χ1v) is 15.2. The molecule has 2 unspecified atom stereocenters. The summed E-state index contributed by atoms with van der Waals surface area (Å²) in [5.41, 5.74) is -0.820. The normalized spacial score (nSPS) is 18.3. The molecular weight excluding hydrogens is 564 g/mol. The van der Waals surface area contributed by atoms with Gasteiger partial charge in [0.25, 0.3) is 0 Å². The second kappa shape index (κ2) is 12.0. The monoisotopic (exact) mass is 599 g/mol. The van der Waals surface area contributed by atoms with Crippen LogP contribution in [0.5, 0.6) is 5.75 Å². The average molecular weight is 600 g/mol. The Morgan fingerprint density at radius 2 is 1.86 bits per heavy atom. The molecule has 0 saturated carbocycles. The number of hydrogen-bond acceptors (Lipinski definition) is 7. The van der Waals surface area contributed by atoms with Crippen LogP contribution in [-0.4, -0.2) is 58.0 Å². The van der Waals surface area contributed by atoms with Gasteiger partial charge in [0.15, 0.2) is 5.82 Å². The maximum absolute atomic E-state index is 16.6. The second-order valence-electron chi connectivity index (χ2n) is 11.9. The van der Waals surface area contributed by atoms with E-state index in [0.717, 1.165) is 25.7 Å². The Balaban J connectivity index is 1.50. The largest absolute Gasteiger partial charge is 0.426 e. The van der Waals surface area contributed by atoms with E-state index in [-0.39, 0.29) is 45.4 Å². The van der Waals surface area contributed by atoms with E-state index in [1.54, 1.807) is 6.07 Å². The van der Waals surface area contributed by atoms with Crippen molar-refractivity contribution in [3.8, 4) is 29.4 Å². The summed E-state index contributed by atoms with van der Waals surface area (Å²) in [6.45, 7) is 5.35. The number of aromatic amines is 1. The molecule has 1 N–H and O–H groups in total. The molecule has 8 nitrogen and oxygen atoms in total. The first-order chi connectivity index (χ1) is 21.2. The molecule has 4 aromatic rings.